The molecule has 0 radical (unpaired) electrons. The minimum absolute atomic E-state index is 0.305. The van der Waals surface area contributed by atoms with Gasteiger partial charge in [0.25, 0.3) is 0 Å². The van der Waals surface area contributed by atoms with Gasteiger partial charge in [0, 0.05) is 25.6 Å². The molecule has 0 N–H and O–H groups in total. The van der Waals surface area contributed by atoms with E-state index in [1.165, 1.54) is 12.5 Å². The lowest BCUT2D eigenvalue weighted by atomic mass is 9.90. The molecule has 0 saturated heterocycles. The van der Waals surface area contributed by atoms with Crippen LogP contribution in [0.15, 0.2) is 66.7 Å². The maximum atomic E-state index is 11.9. The molecule has 5 nitrogen and oxygen atoms in total. The number of ether oxygens (including phenoxy) is 3. The Bertz CT molecular complexity index is 1060. The maximum Gasteiger partial charge on any atom is 0.303 e. The van der Waals surface area contributed by atoms with E-state index in [-0.39, 0.29) is 5.97 Å². The van der Waals surface area contributed by atoms with Gasteiger partial charge in [-0.25, -0.2) is 0 Å². The first-order chi connectivity index (χ1) is 15.0. The standard InChI is InChI=1S/C26H27NO4/c1-18(28)31-26-16-27(2)15-20-11-7-8-12-21(20)22-13-24(29-3)25(14-23(22)26)30-17-19-9-5-4-6-10-19/h4-14,26H,15-17H2,1-3H3. The van der Waals surface area contributed by atoms with Crippen LogP contribution in [0.25, 0.3) is 11.1 Å². The number of methoxy groups -OCH3 is 1. The predicted molar refractivity (Wildman–Crippen MR) is 120 cm³/mol. The molecule has 1 aliphatic heterocycles. The van der Waals surface area contributed by atoms with Crippen molar-refractivity contribution < 1.29 is 19.0 Å². The van der Waals surface area contributed by atoms with Crippen molar-refractivity contribution in [2.75, 3.05) is 20.7 Å². The number of hydrogen-bond acceptors (Lipinski definition) is 5. The zero-order valence-corrected chi connectivity index (χ0v) is 18.1. The molecule has 0 saturated carbocycles. The van der Waals surface area contributed by atoms with Gasteiger partial charge in [0.05, 0.1) is 7.11 Å². The molecule has 0 aliphatic carbocycles. The molecule has 0 fully saturated rings. The summed E-state index contributed by atoms with van der Waals surface area (Å²) in [6.45, 7) is 3.22. The van der Waals surface area contributed by atoms with Crippen molar-refractivity contribution in [3.8, 4) is 22.6 Å². The molecular formula is C26H27NO4. The third kappa shape index (κ3) is 4.72. The second-order valence-electron chi connectivity index (χ2n) is 7.82. The fourth-order valence-corrected chi connectivity index (χ4v) is 4.04. The molecule has 3 aromatic carbocycles. The smallest absolute Gasteiger partial charge is 0.303 e. The van der Waals surface area contributed by atoms with E-state index in [1.807, 2.05) is 61.6 Å². The van der Waals surface area contributed by atoms with Gasteiger partial charge < -0.3 is 14.2 Å². The predicted octanol–water partition coefficient (Wildman–Crippen LogP) is 4.99. The van der Waals surface area contributed by atoms with Gasteiger partial charge in [-0.2, -0.15) is 0 Å². The summed E-state index contributed by atoms with van der Waals surface area (Å²) in [5.74, 6) is 0.976. The van der Waals surface area contributed by atoms with Crippen LogP contribution < -0.4 is 9.47 Å². The minimum atomic E-state index is -0.407. The molecule has 31 heavy (non-hydrogen) atoms. The van der Waals surface area contributed by atoms with E-state index in [1.54, 1.807) is 7.11 Å². The van der Waals surface area contributed by atoms with E-state index in [9.17, 15) is 4.79 Å². The molecule has 0 spiro atoms. The normalized spacial score (nSPS) is 15.8. The van der Waals surface area contributed by atoms with Crippen molar-refractivity contribution >= 4 is 5.97 Å². The van der Waals surface area contributed by atoms with Crippen LogP contribution in [0.5, 0.6) is 11.5 Å². The van der Waals surface area contributed by atoms with E-state index < -0.39 is 6.10 Å². The molecule has 1 aliphatic rings. The van der Waals surface area contributed by atoms with E-state index >= 15 is 0 Å². The lowest BCUT2D eigenvalue weighted by Gasteiger charge is -2.30. The number of fused-ring (bicyclic) bond motifs is 3. The van der Waals surface area contributed by atoms with E-state index in [2.05, 4.69) is 17.0 Å². The Morgan fingerprint density at radius 3 is 2.48 bits per heavy atom. The molecule has 4 rings (SSSR count). The van der Waals surface area contributed by atoms with Gasteiger partial charge in [0.2, 0.25) is 0 Å². The number of likely N-dealkylation sites (N-methyl/N-ethyl adjacent to an activating group) is 1. The number of rotatable bonds is 5. The summed E-state index contributed by atoms with van der Waals surface area (Å²) in [5.41, 5.74) is 5.30. The van der Waals surface area contributed by atoms with Gasteiger partial charge in [-0.15, -0.1) is 0 Å². The lowest BCUT2D eigenvalue weighted by molar-refractivity contribution is -0.147. The number of nitrogens with zero attached hydrogens (tertiary/aromatic N) is 1. The summed E-state index contributed by atoms with van der Waals surface area (Å²) in [7, 11) is 3.68. The van der Waals surface area contributed by atoms with E-state index in [0.29, 0.717) is 24.7 Å². The van der Waals surface area contributed by atoms with Crippen LogP contribution in [0.1, 0.15) is 29.7 Å². The number of hydrogen-bond donors (Lipinski definition) is 0. The highest BCUT2D eigenvalue weighted by atomic mass is 16.5. The summed E-state index contributed by atoms with van der Waals surface area (Å²) in [5, 5.41) is 0. The van der Waals surface area contributed by atoms with Crippen molar-refractivity contribution in [2.45, 2.75) is 26.2 Å². The molecule has 1 atom stereocenters. The topological polar surface area (TPSA) is 48.0 Å². The third-order valence-electron chi connectivity index (χ3n) is 5.45. The van der Waals surface area contributed by atoms with Crippen molar-refractivity contribution in [3.05, 3.63) is 83.4 Å². The maximum absolute atomic E-state index is 11.9. The van der Waals surface area contributed by atoms with Crippen LogP contribution in [0, 0.1) is 0 Å². The number of carbonyl (C=O) groups excluding carboxylic acids is 1. The first-order valence-electron chi connectivity index (χ1n) is 10.4. The van der Waals surface area contributed by atoms with E-state index in [4.69, 9.17) is 14.2 Å². The van der Waals surface area contributed by atoms with Gasteiger partial charge in [-0.3, -0.25) is 9.69 Å². The summed E-state index contributed by atoms with van der Waals surface area (Å²) in [4.78, 5) is 14.1. The molecule has 5 heteroatoms. The number of esters is 1. The van der Waals surface area contributed by atoms with Gasteiger partial charge in [-0.05, 0) is 41.4 Å². The average Bonchev–Trinajstić information content (AvgIpc) is 2.76. The van der Waals surface area contributed by atoms with Gasteiger partial charge in [0.1, 0.15) is 12.7 Å². The Labute approximate surface area is 183 Å². The number of carbonyl (C=O) groups is 1. The Morgan fingerprint density at radius 1 is 1.00 bits per heavy atom. The van der Waals surface area contributed by atoms with Gasteiger partial charge in [-0.1, -0.05) is 54.6 Å². The van der Waals surface area contributed by atoms with Gasteiger partial charge in [0.15, 0.2) is 11.5 Å². The summed E-state index contributed by atoms with van der Waals surface area (Å²) in [6, 6.07) is 22.3. The van der Waals surface area contributed by atoms with Crippen LogP contribution in [0.3, 0.4) is 0 Å². The van der Waals surface area contributed by atoms with Gasteiger partial charge >= 0.3 is 5.97 Å². The molecule has 3 aromatic rings. The van der Waals surface area contributed by atoms with Crippen LogP contribution in [0.4, 0.5) is 0 Å². The highest BCUT2D eigenvalue weighted by Gasteiger charge is 2.27. The Kier molecular flexibility index (Phi) is 6.23. The van der Waals surface area contributed by atoms with Crippen molar-refractivity contribution in [3.63, 3.8) is 0 Å². The fraction of sp³-hybridized carbons (Fsp3) is 0.269. The molecule has 0 amide bonds. The fourth-order valence-electron chi connectivity index (χ4n) is 4.04. The average molecular weight is 418 g/mol. The Balaban J connectivity index is 1.82. The number of benzene rings is 3. The molecule has 0 bridgehead atoms. The summed E-state index contributed by atoms with van der Waals surface area (Å²) in [6.07, 6.45) is -0.407. The molecule has 1 unspecified atom stereocenters. The van der Waals surface area contributed by atoms with Crippen molar-refractivity contribution in [2.24, 2.45) is 0 Å². The van der Waals surface area contributed by atoms with Crippen molar-refractivity contribution in [1.82, 2.24) is 4.90 Å². The van der Waals surface area contributed by atoms with Crippen LogP contribution in [-0.2, 0) is 22.7 Å². The second kappa shape index (κ2) is 9.23. The monoisotopic (exact) mass is 417 g/mol. The zero-order valence-electron chi connectivity index (χ0n) is 18.1. The highest BCUT2D eigenvalue weighted by molar-refractivity contribution is 5.75. The van der Waals surface area contributed by atoms with Crippen LogP contribution >= 0.6 is 0 Å². The minimum Gasteiger partial charge on any atom is -0.493 e. The summed E-state index contributed by atoms with van der Waals surface area (Å²) < 4.78 is 17.6. The SMILES string of the molecule is COc1cc2c(cc1OCc1ccccc1)C(OC(C)=O)CN(C)Cc1ccccc1-2. The molecular weight excluding hydrogens is 390 g/mol. The van der Waals surface area contributed by atoms with Crippen LogP contribution in [0.2, 0.25) is 0 Å². The highest BCUT2D eigenvalue weighted by Crippen LogP contribution is 2.42. The first kappa shape index (κ1) is 20.9. The first-order valence-corrected chi connectivity index (χ1v) is 10.4. The summed E-state index contributed by atoms with van der Waals surface area (Å²) >= 11 is 0. The van der Waals surface area contributed by atoms with E-state index in [0.717, 1.165) is 28.8 Å². The molecule has 0 aromatic heterocycles. The zero-order chi connectivity index (χ0) is 21.8. The molecule has 1 heterocycles. The largest absolute Gasteiger partial charge is 0.493 e. The van der Waals surface area contributed by atoms with Crippen molar-refractivity contribution in [1.29, 1.82) is 0 Å². The van der Waals surface area contributed by atoms with Crippen LogP contribution in [-0.4, -0.2) is 31.6 Å². The lowest BCUT2D eigenvalue weighted by Crippen LogP contribution is -2.29. The Hall–Kier alpha value is -3.31. The molecule has 160 valence electrons. The second-order valence-corrected chi connectivity index (χ2v) is 7.82. The quantitative estimate of drug-likeness (QED) is 0.548. The Morgan fingerprint density at radius 2 is 1.74 bits per heavy atom. The third-order valence-corrected chi connectivity index (χ3v) is 5.45.